The number of hydrogen-bond donors (Lipinski definition) is 0. The molecule has 4 rings (SSSR count). The Kier molecular flexibility index (Phi) is 7.87. The number of ether oxygens (including phenoxy) is 3. The second-order valence-electron chi connectivity index (χ2n) is 9.36. The quantitative estimate of drug-likeness (QED) is 0.641. The third-order valence-electron chi connectivity index (χ3n) is 7.45. The molecule has 0 aromatic heterocycles. The van der Waals surface area contributed by atoms with Gasteiger partial charge in [0.25, 0.3) is 0 Å². The van der Waals surface area contributed by atoms with Crippen LogP contribution in [0.1, 0.15) is 64.2 Å². The van der Waals surface area contributed by atoms with Gasteiger partial charge in [0.15, 0.2) is 5.78 Å². The lowest BCUT2D eigenvalue weighted by molar-refractivity contribution is -0.131. The minimum Gasteiger partial charge on any atom is -0.497 e. The highest BCUT2D eigenvalue weighted by atomic mass is 16.5. The molecule has 1 saturated heterocycles. The van der Waals surface area contributed by atoms with Crippen LogP contribution in [-0.4, -0.2) is 62.3 Å². The first-order valence-corrected chi connectivity index (χ1v) is 12.0. The summed E-state index contributed by atoms with van der Waals surface area (Å²) in [6.45, 7) is 3.69. The SMILES string of the molecule is COC1CCC(C2=COC3CC(OCC#CCN4CCCCC4)CCC3C2=O)CC1. The summed E-state index contributed by atoms with van der Waals surface area (Å²) < 4.78 is 17.5. The lowest BCUT2D eigenvalue weighted by Gasteiger charge is -2.39. The fraction of sp³-hybridized carbons (Fsp3) is 0.800. The van der Waals surface area contributed by atoms with Gasteiger partial charge in [-0.3, -0.25) is 9.69 Å². The highest BCUT2D eigenvalue weighted by Gasteiger charge is 2.42. The summed E-state index contributed by atoms with van der Waals surface area (Å²) in [4.78, 5) is 15.5. The van der Waals surface area contributed by atoms with Crippen molar-refractivity contribution in [1.29, 1.82) is 0 Å². The van der Waals surface area contributed by atoms with Crippen molar-refractivity contribution in [3.8, 4) is 11.8 Å². The number of hydrogen-bond acceptors (Lipinski definition) is 5. The first-order chi connectivity index (χ1) is 14.7. The van der Waals surface area contributed by atoms with Crippen LogP contribution in [0.25, 0.3) is 0 Å². The predicted octanol–water partition coefficient (Wildman–Crippen LogP) is 3.72. The fourth-order valence-corrected chi connectivity index (χ4v) is 5.53. The lowest BCUT2D eigenvalue weighted by atomic mass is 9.73. The van der Waals surface area contributed by atoms with E-state index in [4.69, 9.17) is 14.2 Å². The number of methoxy groups -OCH3 is 1. The molecule has 0 bridgehead atoms. The van der Waals surface area contributed by atoms with Gasteiger partial charge in [0, 0.05) is 19.1 Å². The van der Waals surface area contributed by atoms with Crippen LogP contribution in [0.15, 0.2) is 11.8 Å². The number of piperidine rings is 1. The van der Waals surface area contributed by atoms with E-state index in [1.807, 2.05) is 0 Å². The standard InChI is InChI=1S/C25H37NO4/c1-28-20-9-7-19(8-10-20)23-18-30-24-17-21(11-12-22(24)25(23)27)29-16-6-5-15-26-13-3-2-4-14-26/h18-22,24H,2-4,7-17H2,1H3. The maximum atomic E-state index is 13.1. The molecule has 5 heteroatoms. The topological polar surface area (TPSA) is 48.0 Å². The average Bonchev–Trinajstić information content (AvgIpc) is 2.80. The number of allylic oxidation sites excluding steroid dienone is 1. The third kappa shape index (κ3) is 5.46. The predicted molar refractivity (Wildman–Crippen MR) is 116 cm³/mol. The van der Waals surface area contributed by atoms with E-state index in [0.717, 1.165) is 57.1 Å². The summed E-state index contributed by atoms with van der Waals surface area (Å²) in [5.74, 6) is 7.11. The van der Waals surface area contributed by atoms with Crippen LogP contribution in [0.5, 0.6) is 0 Å². The van der Waals surface area contributed by atoms with Crippen LogP contribution in [0.3, 0.4) is 0 Å². The van der Waals surface area contributed by atoms with Crippen LogP contribution in [-0.2, 0) is 19.0 Å². The molecular weight excluding hydrogens is 378 g/mol. The molecule has 0 spiro atoms. The Bertz CT molecular complexity index is 664. The summed E-state index contributed by atoms with van der Waals surface area (Å²) in [5.41, 5.74) is 0.925. The molecule has 3 fully saturated rings. The highest BCUT2D eigenvalue weighted by molar-refractivity contribution is 5.98. The minimum absolute atomic E-state index is 0.00943. The Hall–Kier alpha value is -1.35. The van der Waals surface area contributed by atoms with Crippen LogP contribution >= 0.6 is 0 Å². The van der Waals surface area contributed by atoms with Gasteiger partial charge in [-0.15, -0.1) is 0 Å². The smallest absolute Gasteiger partial charge is 0.168 e. The van der Waals surface area contributed by atoms with Crippen LogP contribution < -0.4 is 0 Å². The summed E-state index contributed by atoms with van der Waals surface area (Å²) in [5, 5.41) is 0. The summed E-state index contributed by atoms with van der Waals surface area (Å²) in [6, 6.07) is 0. The Balaban J connectivity index is 1.21. The van der Waals surface area contributed by atoms with E-state index in [0.29, 0.717) is 24.4 Å². The van der Waals surface area contributed by atoms with Crippen molar-refractivity contribution in [1.82, 2.24) is 4.90 Å². The summed E-state index contributed by atoms with van der Waals surface area (Å²) in [6.07, 6.45) is 12.9. The number of Topliss-reactive ketones (excluding diaryl/α,β-unsaturated/α-hetero) is 1. The van der Waals surface area contributed by atoms with Gasteiger partial charge in [0.05, 0.1) is 30.9 Å². The molecule has 166 valence electrons. The molecule has 2 heterocycles. The molecule has 3 unspecified atom stereocenters. The van der Waals surface area contributed by atoms with Crippen molar-refractivity contribution in [3.05, 3.63) is 11.8 Å². The van der Waals surface area contributed by atoms with Crippen LogP contribution in [0, 0.1) is 23.7 Å². The van der Waals surface area contributed by atoms with E-state index in [9.17, 15) is 4.79 Å². The molecule has 0 N–H and O–H groups in total. The number of rotatable bonds is 5. The van der Waals surface area contributed by atoms with Gasteiger partial charge in [0.2, 0.25) is 0 Å². The molecule has 30 heavy (non-hydrogen) atoms. The van der Waals surface area contributed by atoms with Gasteiger partial charge in [-0.05, 0) is 70.4 Å². The van der Waals surface area contributed by atoms with E-state index < -0.39 is 0 Å². The van der Waals surface area contributed by atoms with Gasteiger partial charge < -0.3 is 14.2 Å². The number of carbonyl (C=O) groups excluding carboxylic acids is 1. The first-order valence-electron chi connectivity index (χ1n) is 12.0. The molecular formula is C25H37NO4. The number of fused-ring (bicyclic) bond motifs is 1. The second kappa shape index (κ2) is 10.8. The van der Waals surface area contributed by atoms with E-state index >= 15 is 0 Å². The Labute approximate surface area is 181 Å². The Morgan fingerprint density at radius 2 is 1.80 bits per heavy atom. The molecule has 4 aliphatic rings. The molecule has 3 atom stereocenters. The normalized spacial score (nSPS) is 34.9. The monoisotopic (exact) mass is 415 g/mol. The largest absolute Gasteiger partial charge is 0.497 e. The van der Waals surface area contributed by atoms with Gasteiger partial charge in [0.1, 0.15) is 12.7 Å². The highest BCUT2D eigenvalue weighted by Crippen LogP contribution is 2.40. The van der Waals surface area contributed by atoms with Crippen molar-refractivity contribution in [2.24, 2.45) is 11.8 Å². The Morgan fingerprint density at radius 1 is 1.03 bits per heavy atom. The molecule has 0 aromatic rings. The molecule has 2 aliphatic carbocycles. The third-order valence-corrected chi connectivity index (χ3v) is 7.45. The van der Waals surface area contributed by atoms with Crippen LogP contribution in [0.2, 0.25) is 0 Å². The van der Waals surface area contributed by atoms with E-state index in [1.54, 1.807) is 13.4 Å². The van der Waals surface area contributed by atoms with Crippen molar-refractivity contribution < 1.29 is 19.0 Å². The van der Waals surface area contributed by atoms with Gasteiger partial charge >= 0.3 is 0 Å². The van der Waals surface area contributed by atoms with Gasteiger partial charge in [-0.1, -0.05) is 18.3 Å². The summed E-state index contributed by atoms with van der Waals surface area (Å²) >= 11 is 0. The fourth-order valence-electron chi connectivity index (χ4n) is 5.53. The van der Waals surface area contributed by atoms with Crippen molar-refractivity contribution in [2.45, 2.75) is 82.5 Å². The molecule has 0 aromatic carbocycles. The van der Waals surface area contributed by atoms with Crippen molar-refractivity contribution in [3.63, 3.8) is 0 Å². The maximum absolute atomic E-state index is 13.1. The molecule has 2 aliphatic heterocycles. The number of carbonyl (C=O) groups is 1. The number of nitrogens with zero attached hydrogens (tertiary/aromatic N) is 1. The van der Waals surface area contributed by atoms with Crippen molar-refractivity contribution >= 4 is 5.78 Å². The second-order valence-corrected chi connectivity index (χ2v) is 9.36. The molecule has 0 amide bonds. The summed E-state index contributed by atoms with van der Waals surface area (Å²) in [7, 11) is 1.78. The van der Waals surface area contributed by atoms with E-state index in [-0.39, 0.29) is 18.1 Å². The zero-order valence-electron chi connectivity index (χ0n) is 18.4. The number of likely N-dealkylation sites (tertiary alicyclic amines) is 1. The molecule has 2 saturated carbocycles. The van der Waals surface area contributed by atoms with E-state index in [1.165, 1.54) is 32.4 Å². The van der Waals surface area contributed by atoms with Gasteiger partial charge in [-0.2, -0.15) is 0 Å². The maximum Gasteiger partial charge on any atom is 0.168 e. The molecule has 5 nitrogen and oxygen atoms in total. The van der Waals surface area contributed by atoms with Crippen LogP contribution in [0.4, 0.5) is 0 Å². The first kappa shape index (κ1) is 21.9. The zero-order chi connectivity index (χ0) is 20.8. The Morgan fingerprint density at radius 3 is 2.57 bits per heavy atom. The minimum atomic E-state index is -0.0309. The average molecular weight is 416 g/mol. The van der Waals surface area contributed by atoms with Crippen molar-refractivity contribution in [2.75, 3.05) is 33.4 Å². The zero-order valence-corrected chi connectivity index (χ0v) is 18.4. The number of ketones is 1. The molecule has 0 radical (unpaired) electrons. The van der Waals surface area contributed by atoms with Gasteiger partial charge in [-0.25, -0.2) is 0 Å². The lowest BCUT2D eigenvalue weighted by Crippen LogP contribution is -2.43. The van der Waals surface area contributed by atoms with E-state index in [2.05, 4.69) is 16.7 Å².